The molecule has 1 aromatic rings. The highest BCUT2D eigenvalue weighted by Crippen LogP contribution is 2.18. The van der Waals surface area contributed by atoms with Crippen LogP contribution < -0.4 is 10.2 Å². The number of carbonyl (C=O) groups is 1. The lowest BCUT2D eigenvalue weighted by atomic mass is 10.2. The van der Waals surface area contributed by atoms with E-state index in [4.69, 9.17) is 0 Å². The first-order valence-electron chi connectivity index (χ1n) is 6.85. The standard InChI is InChI=1S/C15H23N3O/c1-12-9-10-18(13-7-5-4-6-8-13)15(19)14(16-12)11-17(2)3/h4-8,12,14,16H,9-11H2,1-3H3. The summed E-state index contributed by atoms with van der Waals surface area (Å²) in [7, 11) is 3.99. The number of benzene rings is 1. The zero-order valence-electron chi connectivity index (χ0n) is 12.0. The number of carbonyl (C=O) groups excluding carboxylic acids is 1. The Hall–Kier alpha value is -1.39. The third-order valence-electron chi connectivity index (χ3n) is 3.45. The Morgan fingerprint density at radius 1 is 1.32 bits per heavy atom. The van der Waals surface area contributed by atoms with Crippen molar-refractivity contribution in [2.75, 3.05) is 32.1 Å². The number of amides is 1. The molecule has 2 rings (SSSR count). The fourth-order valence-corrected chi connectivity index (χ4v) is 2.48. The van der Waals surface area contributed by atoms with Crippen LogP contribution in [0.2, 0.25) is 0 Å². The van der Waals surface area contributed by atoms with E-state index < -0.39 is 0 Å². The highest BCUT2D eigenvalue weighted by atomic mass is 16.2. The zero-order valence-corrected chi connectivity index (χ0v) is 12.0. The molecule has 104 valence electrons. The van der Waals surface area contributed by atoms with Gasteiger partial charge in [0.1, 0.15) is 6.04 Å². The van der Waals surface area contributed by atoms with E-state index in [0.717, 1.165) is 25.2 Å². The minimum Gasteiger partial charge on any atom is -0.311 e. The van der Waals surface area contributed by atoms with Gasteiger partial charge >= 0.3 is 0 Å². The molecule has 4 nitrogen and oxygen atoms in total. The maximum absolute atomic E-state index is 12.7. The second kappa shape index (κ2) is 6.17. The first kappa shape index (κ1) is 14.0. The molecule has 4 heteroatoms. The van der Waals surface area contributed by atoms with E-state index >= 15 is 0 Å². The van der Waals surface area contributed by atoms with Gasteiger partial charge in [0.25, 0.3) is 0 Å². The van der Waals surface area contributed by atoms with Gasteiger partial charge in [-0.3, -0.25) is 4.79 Å². The molecule has 0 saturated carbocycles. The smallest absolute Gasteiger partial charge is 0.245 e. The van der Waals surface area contributed by atoms with Gasteiger partial charge in [-0.15, -0.1) is 0 Å². The van der Waals surface area contributed by atoms with Crippen molar-refractivity contribution in [2.45, 2.75) is 25.4 Å². The quantitative estimate of drug-likeness (QED) is 0.891. The molecule has 0 aromatic heterocycles. The molecule has 1 aliphatic rings. The van der Waals surface area contributed by atoms with Gasteiger partial charge in [0.05, 0.1) is 0 Å². The van der Waals surface area contributed by atoms with Gasteiger partial charge in [-0.2, -0.15) is 0 Å². The maximum Gasteiger partial charge on any atom is 0.245 e. The topological polar surface area (TPSA) is 35.6 Å². The van der Waals surface area contributed by atoms with Gasteiger partial charge in [-0.05, 0) is 39.6 Å². The van der Waals surface area contributed by atoms with Crippen LogP contribution in [0.4, 0.5) is 5.69 Å². The Kier molecular flexibility index (Phi) is 4.56. The Morgan fingerprint density at radius 2 is 2.00 bits per heavy atom. The van der Waals surface area contributed by atoms with Gasteiger partial charge in [-0.25, -0.2) is 0 Å². The minimum absolute atomic E-state index is 0.132. The van der Waals surface area contributed by atoms with Crippen LogP contribution in [0.5, 0.6) is 0 Å². The largest absolute Gasteiger partial charge is 0.311 e. The molecule has 1 aliphatic heterocycles. The summed E-state index contributed by atoms with van der Waals surface area (Å²) in [6.07, 6.45) is 0.977. The lowest BCUT2D eigenvalue weighted by Gasteiger charge is -2.26. The molecular formula is C15H23N3O. The highest BCUT2D eigenvalue weighted by molar-refractivity contribution is 5.97. The van der Waals surface area contributed by atoms with E-state index in [2.05, 4.69) is 17.1 Å². The second-order valence-electron chi connectivity index (χ2n) is 5.50. The van der Waals surface area contributed by atoms with Crippen molar-refractivity contribution in [2.24, 2.45) is 0 Å². The number of para-hydroxylation sites is 1. The normalized spacial score (nSPS) is 24.6. The Bertz CT molecular complexity index is 419. The third-order valence-corrected chi connectivity index (χ3v) is 3.45. The predicted molar refractivity (Wildman–Crippen MR) is 78.4 cm³/mol. The molecule has 19 heavy (non-hydrogen) atoms. The van der Waals surface area contributed by atoms with Gasteiger partial charge in [0.2, 0.25) is 5.91 Å². The molecule has 1 fully saturated rings. The van der Waals surface area contributed by atoms with Crippen LogP contribution in [-0.2, 0) is 4.79 Å². The van der Waals surface area contributed by atoms with Crippen molar-refractivity contribution in [3.8, 4) is 0 Å². The minimum atomic E-state index is -0.132. The third kappa shape index (κ3) is 3.55. The molecule has 2 atom stereocenters. The molecule has 0 bridgehead atoms. The van der Waals surface area contributed by atoms with Crippen molar-refractivity contribution in [3.63, 3.8) is 0 Å². The van der Waals surface area contributed by atoms with Gasteiger partial charge < -0.3 is 15.1 Å². The van der Waals surface area contributed by atoms with Gasteiger partial charge in [-0.1, -0.05) is 18.2 Å². The number of hydrogen-bond donors (Lipinski definition) is 1. The van der Waals surface area contributed by atoms with E-state index in [9.17, 15) is 4.79 Å². The van der Waals surface area contributed by atoms with Crippen LogP contribution in [0.3, 0.4) is 0 Å². The van der Waals surface area contributed by atoms with E-state index in [1.165, 1.54) is 0 Å². The number of nitrogens with one attached hydrogen (secondary N) is 1. The molecule has 0 spiro atoms. The summed E-state index contributed by atoms with van der Waals surface area (Å²) in [5, 5.41) is 3.43. The predicted octanol–water partition coefficient (Wildman–Crippen LogP) is 1.33. The average Bonchev–Trinajstić information content (AvgIpc) is 2.51. The highest BCUT2D eigenvalue weighted by Gasteiger charge is 2.30. The van der Waals surface area contributed by atoms with E-state index in [-0.39, 0.29) is 11.9 Å². The van der Waals surface area contributed by atoms with E-state index in [0.29, 0.717) is 6.04 Å². The Labute approximate surface area is 115 Å². The van der Waals surface area contributed by atoms with Crippen molar-refractivity contribution < 1.29 is 4.79 Å². The van der Waals surface area contributed by atoms with Crippen LogP contribution in [0.25, 0.3) is 0 Å². The molecule has 1 saturated heterocycles. The van der Waals surface area contributed by atoms with Crippen molar-refractivity contribution in [1.29, 1.82) is 0 Å². The summed E-state index contributed by atoms with van der Waals surface area (Å²) in [6.45, 7) is 3.65. The fourth-order valence-electron chi connectivity index (χ4n) is 2.48. The summed E-state index contributed by atoms with van der Waals surface area (Å²) in [4.78, 5) is 16.6. The van der Waals surface area contributed by atoms with Crippen LogP contribution in [0.15, 0.2) is 30.3 Å². The molecule has 2 unspecified atom stereocenters. The van der Waals surface area contributed by atoms with E-state index in [1.54, 1.807) is 0 Å². The first-order valence-corrected chi connectivity index (χ1v) is 6.85. The van der Waals surface area contributed by atoms with Crippen LogP contribution >= 0.6 is 0 Å². The molecule has 0 aliphatic carbocycles. The zero-order chi connectivity index (χ0) is 13.8. The molecule has 1 N–H and O–H groups in total. The summed E-state index contributed by atoms with van der Waals surface area (Å²) < 4.78 is 0. The van der Waals surface area contributed by atoms with Crippen molar-refractivity contribution in [3.05, 3.63) is 30.3 Å². The molecule has 1 amide bonds. The molecule has 1 heterocycles. The summed E-state index contributed by atoms with van der Waals surface area (Å²) in [5.41, 5.74) is 0.993. The number of rotatable bonds is 3. The van der Waals surface area contributed by atoms with Gasteiger partial charge in [0.15, 0.2) is 0 Å². The van der Waals surface area contributed by atoms with Crippen LogP contribution in [0, 0.1) is 0 Å². The maximum atomic E-state index is 12.7. The monoisotopic (exact) mass is 261 g/mol. The second-order valence-corrected chi connectivity index (χ2v) is 5.50. The average molecular weight is 261 g/mol. The van der Waals surface area contributed by atoms with Gasteiger partial charge in [0, 0.05) is 24.8 Å². The van der Waals surface area contributed by atoms with Crippen molar-refractivity contribution in [1.82, 2.24) is 10.2 Å². The van der Waals surface area contributed by atoms with Crippen LogP contribution in [-0.4, -0.2) is 50.1 Å². The molecule has 1 aromatic carbocycles. The van der Waals surface area contributed by atoms with Crippen LogP contribution in [0.1, 0.15) is 13.3 Å². The lowest BCUT2D eigenvalue weighted by Crippen LogP contribution is -2.50. The Morgan fingerprint density at radius 3 is 2.63 bits per heavy atom. The van der Waals surface area contributed by atoms with E-state index in [1.807, 2.05) is 49.3 Å². The Balaban J connectivity index is 2.21. The first-order chi connectivity index (χ1) is 9.08. The lowest BCUT2D eigenvalue weighted by molar-refractivity contribution is -0.120. The number of hydrogen-bond acceptors (Lipinski definition) is 3. The van der Waals surface area contributed by atoms with Crippen molar-refractivity contribution >= 4 is 11.6 Å². The fraction of sp³-hybridized carbons (Fsp3) is 0.533. The number of likely N-dealkylation sites (N-methyl/N-ethyl adjacent to an activating group) is 1. The summed E-state index contributed by atoms with van der Waals surface area (Å²) in [6, 6.07) is 10.2. The molecular weight excluding hydrogens is 238 g/mol. The SMILES string of the molecule is CC1CCN(c2ccccc2)C(=O)C(CN(C)C)N1. The summed E-state index contributed by atoms with van der Waals surface area (Å²) >= 11 is 0. The number of anilines is 1. The molecule has 0 radical (unpaired) electrons. The number of nitrogens with zero attached hydrogens (tertiary/aromatic N) is 2. The summed E-state index contributed by atoms with van der Waals surface area (Å²) in [5.74, 6) is 0.171.